The Morgan fingerprint density at radius 2 is 1.78 bits per heavy atom. The molecule has 4 heteroatoms. The highest BCUT2D eigenvalue weighted by Crippen LogP contribution is 2.40. The second-order valence-corrected chi connectivity index (χ2v) is 8.50. The maximum atomic E-state index is 12.7. The van der Waals surface area contributed by atoms with E-state index in [1.165, 1.54) is 11.1 Å². The monoisotopic (exact) mass is 424 g/mol. The smallest absolute Gasteiger partial charge is 0.171 e. The molecular weight excluding hydrogens is 396 g/mol. The van der Waals surface area contributed by atoms with Crippen LogP contribution < -0.4 is 0 Å². The van der Waals surface area contributed by atoms with Gasteiger partial charge in [-0.1, -0.05) is 55.5 Å². The minimum atomic E-state index is 0.157. The number of benzene rings is 2. The van der Waals surface area contributed by atoms with Gasteiger partial charge < -0.3 is 9.64 Å². The third kappa shape index (κ3) is 4.11. The van der Waals surface area contributed by atoms with E-state index in [0.29, 0.717) is 13.0 Å². The third-order valence-corrected chi connectivity index (χ3v) is 6.50. The van der Waals surface area contributed by atoms with Gasteiger partial charge >= 0.3 is 0 Å². The lowest BCUT2D eigenvalue weighted by Crippen LogP contribution is -2.28. The van der Waals surface area contributed by atoms with Crippen molar-refractivity contribution in [1.29, 1.82) is 0 Å². The zero-order valence-electron chi connectivity index (χ0n) is 18.5. The summed E-state index contributed by atoms with van der Waals surface area (Å²) in [5.41, 5.74) is 7.57. The van der Waals surface area contributed by atoms with E-state index in [9.17, 15) is 4.79 Å². The average molecular weight is 425 g/mol. The fourth-order valence-electron chi connectivity index (χ4n) is 4.69. The summed E-state index contributed by atoms with van der Waals surface area (Å²) >= 11 is 0. The first-order valence-electron chi connectivity index (χ1n) is 11.5. The number of hydrogen-bond acceptors (Lipinski definition) is 4. The van der Waals surface area contributed by atoms with Gasteiger partial charge in [0.05, 0.1) is 5.57 Å². The van der Waals surface area contributed by atoms with Gasteiger partial charge in [-0.25, -0.2) is 0 Å². The van der Waals surface area contributed by atoms with E-state index in [2.05, 4.69) is 41.1 Å². The molecule has 162 valence electrons. The van der Waals surface area contributed by atoms with Crippen molar-refractivity contribution in [3.8, 4) is 0 Å². The van der Waals surface area contributed by atoms with Crippen molar-refractivity contribution >= 4 is 17.1 Å². The molecule has 0 amide bonds. The van der Waals surface area contributed by atoms with Crippen LogP contribution in [0.5, 0.6) is 0 Å². The number of nitrogens with zero attached hydrogens (tertiary/aromatic N) is 2. The van der Waals surface area contributed by atoms with Crippen molar-refractivity contribution in [2.75, 3.05) is 19.6 Å². The molecule has 2 aliphatic rings. The average Bonchev–Trinajstić information content (AvgIpc) is 3.39. The van der Waals surface area contributed by atoms with Crippen molar-refractivity contribution in [2.45, 2.75) is 32.8 Å². The fourth-order valence-corrected chi connectivity index (χ4v) is 4.69. The Balaban J connectivity index is 1.29. The van der Waals surface area contributed by atoms with Crippen molar-refractivity contribution in [3.63, 3.8) is 0 Å². The summed E-state index contributed by atoms with van der Waals surface area (Å²) in [6.07, 6.45) is 4.30. The topological polar surface area (TPSA) is 42.4 Å². The number of rotatable bonds is 7. The quantitative estimate of drug-likeness (QED) is 0.515. The zero-order chi connectivity index (χ0) is 21.9. The van der Waals surface area contributed by atoms with Crippen LogP contribution in [0.15, 0.2) is 66.9 Å². The first-order chi connectivity index (χ1) is 15.7. The number of likely N-dealkylation sites (N-methyl/N-ethyl adjacent to an activating group) is 1. The van der Waals surface area contributed by atoms with Crippen molar-refractivity contribution in [1.82, 2.24) is 9.88 Å². The standard InChI is InChI=1S/C28H28N2O2/c1-2-30(16-13-23-8-5-6-14-29-23)15-12-20-10-11-25-22(17-20)19-32-28(25)27-24-9-4-3-7-21(24)18-26(27)31/h3-11,14,17H,2,12-13,15-16,18-19H2,1H3/b28-27+. The third-order valence-electron chi connectivity index (χ3n) is 6.50. The second kappa shape index (κ2) is 9.09. The summed E-state index contributed by atoms with van der Waals surface area (Å²) in [7, 11) is 0. The highest BCUT2D eigenvalue weighted by Gasteiger charge is 2.32. The molecule has 0 unspecified atom stereocenters. The SMILES string of the molecule is CCN(CCc1ccc2c(c1)CO/C2=C1/C(=O)Cc2ccccc21)CCc1ccccn1. The largest absolute Gasteiger partial charge is 0.487 e. The number of carbonyl (C=O) groups excluding carboxylic acids is 1. The minimum Gasteiger partial charge on any atom is -0.487 e. The van der Waals surface area contributed by atoms with Gasteiger partial charge in [-0.3, -0.25) is 9.78 Å². The van der Waals surface area contributed by atoms with Crippen LogP contribution in [0, 0.1) is 0 Å². The molecule has 4 nitrogen and oxygen atoms in total. The Morgan fingerprint density at radius 3 is 2.62 bits per heavy atom. The number of carbonyl (C=O) groups is 1. The minimum absolute atomic E-state index is 0.157. The molecule has 0 fully saturated rings. The van der Waals surface area contributed by atoms with E-state index >= 15 is 0 Å². The van der Waals surface area contributed by atoms with Gasteiger partial charge in [-0.15, -0.1) is 0 Å². The highest BCUT2D eigenvalue weighted by molar-refractivity contribution is 6.31. The maximum absolute atomic E-state index is 12.7. The van der Waals surface area contributed by atoms with E-state index < -0.39 is 0 Å². The predicted molar refractivity (Wildman–Crippen MR) is 127 cm³/mol. The Morgan fingerprint density at radius 1 is 0.938 bits per heavy atom. The molecule has 0 saturated carbocycles. The number of hydrogen-bond donors (Lipinski definition) is 0. The Labute approximate surface area is 189 Å². The summed E-state index contributed by atoms with van der Waals surface area (Å²) < 4.78 is 6.07. The van der Waals surface area contributed by atoms with Gasteiger partial charge in [0.25, 0.3) is 0 Å². The van der Waals surface area contributed by atoms with Crippen molar-refractivity contribution in [2.24, 2.45) is 0 Å². The van der Waals surface area contributed by atoms with E-state index in [-0.39, 0.29) is 5.78 Å². The van der Waals surface area contributed by atoms with Gasteiger partial charge in [0.15, 0.2) is 5.78 Å². The van der Waals surface area contributed by atoms with Gasteiger partial charge in [0.2, 0.25) is 0 Å². The lowest BCUT2D eigenvalue weighted by Gasteiger charge is -2.20. The van der Waals surface area contributed by atoms with Crippen LogP contribution in [0.3, 0.4) is 0 Å². The van der Waals surface area contributed by atoms with Crippen molar-refractivity contribution in [3.05, 3.63) is 100 Å². The van der Waals surface area contributed by atoms with Gasteiger partial charge in [-0.05, 0) is 41.8 Å². The van der Waals surface area contributed by atoms with Crippen LogP contribution in [0.25, 0.3) is 11.3 Å². The molecule has 0 saturated heterocycles. The van der Waals surface area contributed by atoms with Crippen LogP contribution in [-0.4, -0.2) is 35.3 Å². The molecule has 0 atom stereocenters. The molecular formula is C28H28N2O2. The first-order valence-corrected chi connectivity index (χ1v) is 11.5. The first kappa shape index (κ1) is 20.7. The van der Waals surface area contributed by atoms with Crippen LogP contribution in [0.1, 0.15) is 40.4 Å². The van der Waals surface area contributed by atoms with E-state index in [4.69, 9.17) is 4.74 Å². The number of ketones is 1. The molecule has 0 spiro atoms. The van der Waals surface area contributed by atoms with Crippen LogP contribution in [0.2, 0.25) is 0 Å². The number of Topliss-reactive ketones (excluding diaryl/α,β-unsaturated/α-hetero) is 1. The van der Waals surface area contributed by atoms with E-state index in [1.54, 1.807) is 0 Å². The fraction of sp³-hybridized carbons (Fsp3) is 0.286. The number of ether oxygens (including phenoxy) is 1. The molecule has 1 aliphatic carbocycles. The molecule has 1 aromatic heterocycles. The molecule has 2 heterocycles. The summed E-state index contributed by atoms with van der Waals surface area (Å²) in [5.74, 6) is 0.914. The van der Waals surface area contributed by atoms with E-state index in [0.717, 1.165) is 66.2 Å². The number of pyridine rings is 1. The molecule has 5 rings (SSSR count). The zero-order valence-corrected chi connectivity index (χ0v) is 18.5. The van der Waals surface area contributed by atoms with Gasteiger partial charge in [-0.2, -0.15) is 0 Å². The maximum Gasteiger partial charge on any atom is 0.171 e. The summed E-state index contributed by atoms with van der Waals surface area (Å²) in [6.45, 7) is 5.80. The molecule has 32 heavy (non-hydrogen) atoms. The molecule has 0 radical (unpaired) electrons. The molecule has 1 aliphatic heterocycles. The van der Waals surface area contributed by atoms with Crippen LogP contribution in [-0.2, 0) is 35.4 Å². The van der Waals surface area contributed by atoms with Crippen LogP contribution >= 0.6 is 0 Å². The highest BCUT2D eigenvalue weighted by atomic mass is 16.5. The van der Waals surface area contributed by atoms with Crippen molar-refractivity contribution < 1.29 is 9.53 Å². The lowest BCUT2D eigenvalue weighted by molar-refractivity contribution is -0.112. The molecule has 3 aromatic rings. The Bertz CT molecular complexity index is 1170. The summed E-state index contributed by atoms with van der Waals surface area (Å²) in [4.78, 5) is 19.6. The van der Waals surface area contributed by atoms with Gasteiger partial charge in [0, 0.05) is 48.9 Å². The van der Waals surface area contributed by atoms with E-state index in [1.807, 2.05) is 42.6 Å². The number of allylic oxidation sites excluding steroid dienone is 1. The number of fused-ring (bicyclic) bond motifs is 2. The predicted octanol–water partition coefficient (Wildman–Crippen LogP) is 4.71. The number of aromatic nitrogens is 1. The van der Waals surface area contributed by atoms with Crippen LogP contribution in [0.4, 0.5) is 0 Å². The molecule has 2 aromatic carbocycles. The Hall–Kier alpha value is -3.24. The molecule has 0 bridgehead atoms. The second-order valence-electron chi connectivity index (χ2n) is 8.50. The van der Waals surface area contributed by atoms with Gasteiger partial charge in [0.1, 0.15) is 12.4 Å². The molecule has 0 N–H and O–H groups in total. The normalized spacial score (nSPS) is 16.9. The summed E-state index contributed by atoms with van der Waals surface area (Å²) in [6, 6.07) is 20.7. The Kier molecular flexibility index (Phi) is 5.87. The lowest BCUT2D eigenvalue weighted by atomic mass is 9.98. The summed E-state index contributed by atoms with van der Waals surface area (Å²) in [5, 5.41) is 0.